The summed E-state index contributed by atoms with van der Waals surface area (Å²) < 4.78 is 5.09. The van der Waals surface area contributed by atoms with E-state index in [1.165, 1.54) is 6.92 Å². The van der Waals surface area contributed by atoms with Crippen molar-refractivity contribution in [3.8, 4) is 0 Å². The lowest BCUT2D eigenvalue weighted by atomic mass is 10.1. The molecule has 1 saturated heterocycles. The largest absolute Gasteiger partial charge is 0.372 e. The summed E-state index contributed by atoms with van der Waals surface area (Å²) in [5, 5.41) is 2.85. The number of hydrogen-bond donors (Lipinski definition) is 1. The third-order valence-corrected chi connectivity index (χ3v) is 2.61. The van der Waals surface area contributed by atoms with Gasteiger partial charge < -0.3 is 15.0 Å². The lowest BCUT2D eigenvalue weighted by Crippen LogP contribution is -2.50. The van der Waals surface area contributed by atoms with Crippen molar-refractivity contribution in [2.75, 3.05) is 26.3 Å². The van der Waals surface area contributed by atoms with Crippen molar-refractivity contribution >= 4 is 11.8 Å². The van der Waals surface area contributed by atoms with Crippen LogP contribution in [0.2, 0.25) is 0 Å². The Morgan fingerprint density at radius 1 is 1.50 bits per heavy atom. The van der Waals surface area contributed by atoms with Gasteiger partial charge in [0.15, 0.2) is 0 Å². The van der Waals surface area contributed by atoms with Crippen LogP contribution in [-0.4, -0.2) is 49.1 Å². The highest BCUT2D eigenvalue weighted by Gasteiger charge is 2.23. The molecule has 1 rings (SSSR count). The zero-order valence-corrected chi connectivity index (χ0v) is 9.99. The number of piperidine rings is 1. The molecule has 5 heteroatoms. The number of nitrogens with one attached hydrogen (secondary N) is 1. The first kappa shape index (κ1) is 13.0. The number of rotatable bonds is 4. The minimum absolute atomic E-state index is 0.0110. The Morgan fingerprint density at radius 2 is 2.25 bits per heavy atom. The highest BCUT2D eigenvalue weighted by Crippen LogP contribution is 2.10. The summed E-state index contributed by atoms with van der Waals surface area (Å²) in [6, 6.07) is 0.0943. The predicted molar refractivity (Wildman–Crippen MR) is 59.9 cm³/mol. The fourth-order valence-corrected chi connectivity index (χ4v) is 1.89. The number of ether oxygens (including phenoxy) is 1. The summed E-state index contributed by atoms with van der Waals surface area (Å²) in [6.07, 6.45) is 1.88. The Kier molecular flexibility index (Phi) is 5.25. The van der Waals surface area contributed by atoms with Gasteiger partial charge in [-0.15, -0.1) is 0 Å². The number of carbonyl (C=O) groups excluding carboxylic acids is 2. The number of amides is 2. The number of hydrogen-bond acceptors (Lipinski definition) is 3. The Balaban J connectivity index is 2.37. The number of carbonyl (C=O) groups is 2. The number of nitrogens with zero attached hydrogens (tertiary/aromatic N) is 1. The Hall–Kier alpha value is -1.10. The van der Waals surface area contributed by atoms with Crippen LogP contribution in [-0.2, 0) is 14.3 Å². The second-order valence-electron chi connectivity index (χ2n) is 4.02. The van der Waals surface area contributed by atoms with Gasteiger partial charge in [0.2, 0.25) is 11.8 Å². The Labute approximate surface area is 96.1 Å². The number of likely N-dealkylation sites (tertiary alicyclic amines) is 1. The molecule has 0 saturated carbocycles. The predicted octanol–water partition coefficient (Wildman–Crippen LogP) is 0.150. The third-order valence-electron chi connectivity index (χ3n) is 2.61. The third kappa shape index (κ3) is 4.18. The topological polar surface area (TPSA) is 58.6 Å². The summed E-state index contributed by atoms with van der Waals surface area (Å²) >= 11 is 0. The maximum atomic E-state index is 11.7. The van der Waals surface area contributed by atoms with Crippen LogP contribution < -0.4 is 5.32 Å². The van der Waals surface area contributed by atoms with Gasteiger partial charge in [-0.3, -0.25) is 9.59 Å². The van der Waals surface area contributed by atoms with Crippen molar-refractivity contribution in [1.29, 1.82) is 0 Å². The van der Waals surface area contributed by atoms with Crippen LogP contribution in [0, 0.1) is 0 Å². The maximum Gasteiger partial charge on any atom is 0.248 e. The molecule has 0 bridgehead atoms. The zero-order chi connectivity index (χ0) is 12.0. The second kappa shape index (κ2) is 6.48. The fraction of sp³-hybridized carbons (Fsp3) is 0.818. The molecule has 1 N–H and O–H groups in total. The van der Waals surface area contributed by atoms with E-state index in [2.05, 4.69) is 5.32 Å². The van der Waals surface area contributed by atoms with Crippen LogP contribution in [0.15, 0.2) is 0 Å². The summed E-state index contributed by atoms with van der Waals surface area (Å²) in [5.74, 6) is -0.0268. The van der Waals surface area contributed by atoms with Crippen LogP contribution >= 0.6 is 0 Å². The molecule has 1 unspecified atom stereocenters. The molecule has 0 spiro atoms. The van der Waals surface area contributed by atoms with Gasteiger partial charge in [-0.1, -0.05) is 0 Å². The first-order valence-electron chi connectivity index (χ1n) is 5.76. The van der Waals surface area contributed by atoms with Crippen molar-refractivity contribution in [3.63, 3.8) is 0 Å². The molecule has 5 nitrogen and oxygen atoms in total. The van der Waals surface area contributed by atoms with Crippen LogP contribution in [0.4, 0.5) is 0 Å². The average molecular weight is 228 g/mol. The van der Waals surface area contributed by atoms with E-state index in [0.29, 0.717) is 13.2 Å². The summed E-state index contributed by atoms with van der Waals surface area (Å²) in [4.78, 5) is 24.4. The molecular weight excluding hydrogens is 208 g/mol. The van der Waals surface area contributed by atoms with Crippen LogP contribution in [0.5, 0.6) is 0 Å². The molecule has 0 radical (unpaired) electrons. The quantitative estimate of drug-likeness (QED) is 0.745. The molecule has 1 aliphatic heterocycles. The van der Waals surface area contributed by atoms with E-state index in [0.717, 1.165) is 19.4 Å². The second-order valence-corrected chi connectivity index (χ2v) is 4.02. The minimum atomic E-state index is -0.0379. The first-order chi connectivity index (χ1) is 7.63. The summed E-state index contributed by atoms with van der Waals surface area (Å²) in [7, 11) is 0. The van der Waals surface area contributed by atoms with Crippen molar-refractivity contribution < 1.29 is 14.3 Å². The lowest BCUT2D eigenvalue weighted by Gasteiger charge is -2.32. The average Bonchev–Trinajstić information content (AvgIpc) is 2.25. The molecule has 16 heavy (non-hydrogen) atoms. The van der Waals surface area contributed by atoms with Crippen molar-refractivity contribution in [2.45, 2.75) is 32.7 Å². The molecule has 1 aliphatic rings. The van der Waals surface area contributed by atoms with Gasteiger partial charge >= 0.3 is 0 Å². The summed E-state index contributed by atoms with van der Waals surface area (Å²) in [5.41, 5.74) is 0. The van der Waals surface area contributed by atoms with Gasteiger partial charge in [0.05, 0.1) is 0 Å². The Morgan fingerprint density at radius 3 is 2.88 bits per heavy atom. The Bertz CT molecular complexity index is 256. The van der Waals surface area contributed by atoms with Crippen molar-refractivity contribution in [2.24, 2.45) is 0 Å². The smallest absolute Gasteiger partial charge is 0.248 e. The van der Waals surface area contributed by atoms with Gasteiger partial charge in [0.25, 0.3) is 0 Å². The van der Waals surface area contributed by atoms with Crippen molar-refractivity contribution in [3.05, 3.63) is 0 Å². The van der Waals surface area contributed by atoms with Gasteiger partial charge in [-0.05, 0) is 19.8 Å². The molecule has 0 aromatic heterocycles. The molecule has 2 amide bonds. The van der Waals surface area contributed by atoms with Crippen LogP contribution in [0.1, 0.15) is 26.7 Å². The van der Waals surface area contributed by atoms with E-state index in [4.69, 9.17) is 4.74 Å². The maximum absolute atomic E-state index is 11.7. The van der Waals surface area contributed by atoms with Gasteiger partial charge in [0, 0.05) is 32.7 Å². The zero-order valence-electron chi connectivity index (χ0n) is 9.99. The van der Waals surface area contributed by atoms with E-state index in [9.17, 15) is 9.59 Å². The highest BCUT2D eigenvalue weighted by molar-refractivity contribution is 5.78. The van der Waals surface area contributed by atoms with E-state index in [-0.39, 0.29) is 24.5 Å². The van der Waals surface area contributed by atoms with Gasteiger partial charge in [-0.25, -0.2) is 0 Å². The molecule has 1 fully saturated rings. The summed E-state index contributed by atoms with van der Waals surface area (Å²) in [6.45, 7) is 5.43. The molecule has 1 atom stereocenters. The normalized spacial score (nSPS) is 20.6. The van der Waals surface area contributed by atoms with E-state index in [1.807, 2.05) is 6.92 Å². The molecule has 0 aliphatic carbocycles. The molecule has 92 valence electrons. The van der Waals surface area contributed by atoms with Gasteiger partial charge in [-0.2, -0.15) is 0 Å². The minimum Gasteiger partial charge on any atom is -0.372 e. The van der Waals surface area contributed by atoms with Crippen LogP contribution in [0.25, 0.3) is 0 Å². The molecular formula is C11H20N2O3. The molecule has 0 aromatic rings. The van der Waals surface area contributed by atoms with E-state index >= 15 is 0 Å². The van der Waals surface area contributed by atoms with E-state index < -0.39 is 0 Å². The van der Waals surface area contributed by atoms with Gasteiger partial charge in [0.1, 0.15) is 6.61 Å². The first-order valence-corrected chi connectivity index (χ1v) is 5.76. The van der Waals surface area contributed by atoms with Crippen molar-refractivity contribution in [1.82, 2.24) is 10.2 Å². The molecule has 1 heterocycles. The fourth-order valence-electron chi connectivity index (χ4n) is 1.89. The standard InChI is InChI=1S/C11H20N2O3/c1-3-16-8-11(15)13-6-4-5-10(7-13)12-9(2)14/h10H,3-8H2,1-2H3,(H,12,14). The molecule has 0 aromatic carbocycles. The highest BCUT2D eigenvalue weighted by atomic mass is 16.5. The van der Waals surface area contributed by atoms with Crippen LogP contribution in [0.3, 0.4) is 0 Å². The SMILES string of the molecule is CCOCC(=O)N1CCCC(NC(C)=O)C1. The lowest BCUT2D eigenvalue weighted by molar-refractivity contribution is -0.138. The van der Waals surface area contributed by atoms with E-state index in [1.54, 1.807) is 4.90 Å². The monoisotopic (exact) mass is 228 g/mol.